The number of hydrogen-bond acceptors (Lipinski definition) is 7. The van der Waals surface area contributed by atoms with Crippen molar-refractivity contribution in [2.45, 2.75) is 63.4 Å². The lowest BCUT2D eigenvalue weighted by atomic mass is 9.72. The summed E-state index contributed by atoms with van der Waals surface area (Å²) >= 11 is 0. The largest absolute Gasteiger partial charge is 0.456 e. The molecule has 46 heavy (non-hydrogen) atoms. The normalized spacial score (nSPS) is 19.1. The van der Waals surface area contributed by atoms with Gasteiger partial charge in [0, 0.05) is 88.9 Å². The molecule has 6 aliphatic heterocycles. The molecular weight excluding hydrogens is 580 g/mol. The fourth-order valence-electron chi connectivity index (χ4n) is 8.97. The third-order valence-corrected chi connectivity index (χ3v) is 10.8. The standard InChI is InChI=1S/C36H36N6O4/c37-40-39-13-5-12-38-34(43)23-10-11-24-27(20-23)36(46-35(24)44)28-18-21-6-1-14-41-16-3-8-25(30(21)41)32(28)45-33-26-9-4-17-42-15-2-7-22(31(26)42)19-29(33)36/h10-11,18-20H,1-9,12-17H2,(H,38,43). The molecule has 3 aromatic carbocycles. The maximum Gasteiger partial charge on any atom is 0.340 e. The molecule has 0 atom stereocenters. The number of fused-ring (bicyclic) bond motifs is 8. The molecule has 0 saturated heterocycles. The lowest BCUT2D eigenvalue weighted by molar-refractivity contribution is 0.0222. The first-order valence-electron chi connectivity index (χ1n) is 16.8. The van der Waals surface area contributed by atoms with Gasteiger partial charge in [0.2, 0.25) is 0 Å². The SMILES string of the molecule is [N-]=[N+]=NCCCNC(=O)c1ccc2c(c1)C1(OC2=O)c2cc3c4c(c2Oc2c1cc1c5c2CCCN5CCC1)CCCN4CCC3. The van der Waals surface area contributed by atoms with Gasteiger partial charge in [-0.25, -0.2) is 4.79 Å². The van der Waals surface area contributed by atoms with Gasteiger partial charge in [0.05, 0.1) is 5.56 Å². The van der Waals surface area contributed by atoms with Gasteiger partial charge < -0.3 is 24.6 Å². The number of aryl methyl sites for hydroxylation is 2. The third kappa shape index (κ3) is 3.86. The number of azide groups is 1. The number of carbonyl (C=O) groups excluding carboxylic acids is 2. The smallest absolute Gasteiger partial charge is 0.340 e. The summed E-state index contributed by atoms with van der Waals surface area (Å²) in [6.45, 7) is 4.89. The second kappa shape index (κ2) is 10.4. The van der Waals surface area contributed by atoms with Crippen molar-refractivity contribution >= 4 is 23.3 Å². The molecule has 1 N–H and O–H groups in total. The number of ether oxygens (including phenoxy) is 2. The zero-order valence-electron chi connectivity index (χ0n) is 25.9. The molecule has 234 valence electrons. The van der Waals surface area contributed by atoms with Crippen LogP contribution in [-0.4, -0.2) is 51.1 Å². The van der Waals surface area contributed by atoms with Crippen LogP contribution in [0.25, 0.3) is 10.4 Å². The van der Waals surface area contributed by atoms with Gasteiger partial charge in [-0.15, -0.1) is 0 Å². The van der Waals surface area contributed by atoms with Gasteiger partial charge in [-0.3, -0.25) is 4.79 Å². The summed E-state index contributed by atoms with van der Waals surface area (Å²) in [6, 6.07) is 9.79. The predicted molar refractivity (Wildman–Crippen MR) is 173 cm³/mol. The maximum atomic E-state index is 13.9. The first-order chi connectivity index (χ1) is 22.6. The molecule has 10 nitrogen and oxygen atoms in total. The van der Waals surface area contributed by atoms with Crippen LogP contribution in [0.2, 0.25) is 0 Å². The van der Waals surface area contributed by atoms with Crippen LogP contribution in [0.3, 0.4) is 0 Å². The van der Waals surface area contributed by atoms with Crippen molar-refractivity contribution in [3.8, 4) is 11.5 Å². The minimum absolute atomic E-state index is 0.238. The van der Waals surface area contributed by atoms with Gasteiger partial charge in [-0.1, -0.05) is 5.11 Å². The van der Waals surface area contributed by atoms with E-state index >= 15 is 0 Å². The molecule has 6 heterocycles. The Labute approximate surface area is 267 Å². The summed E-state index contributed by atoms with van der Waals surface area (Å²) < 4.78 is 13.9. The number of hydrogen-bond donors (Lipinski definition) is 1. The molecule has 10 heteroatoms. The molecule has 0 fully saturated rings. The van der Waals surface area contributed by atoms with Crippen molar-refractivity contribution in [2.75, 3.05) is 49.1 Å². The summed E-state index contributed by atoms with van der Waals surface area (Å²) in [6.07, 6.45) is 8.59. The molecule has 6 aliphatic rings. The quantitative estimate of drug-likeness (QED) is 0.122. The molecule has 0 aromatic heterocycles. The predicted octanol–water partition coefficient (Wildman–Crippen LogP) is 6.08. The summed E-state index contributed by atoms with van der Waals surface area (Å²) in [5.74, 6) is 1.04. The van der Waals surface area contributed by atoms with Crippen LogP contribution in [-0.2, 0) is 36.0 Å². The van der Waals surface area contributed by atoms with Crippen LogP contribution in [0.4, 0.5) is 11.4 Å². The van der Waals surface area contributed by atoms with E-state index < -0.39 is 5.60 Å². The van der Waals surface area contributed by atoms with E-state index in [-0.39, 0.29) is 11.9 Å². The first kappa shape index (κ1) is 27.6. The molecule has 9 rings (SSSR count). The summed E-state index contributed by atoms with van der Waals surface area (Å²) in [4.78, 5) is 35.1. The van der Waals surface area contributed by atoms with Crippen molar-refractivity contribution in [3.05, 3.63) is 90.8 Å². The lowest BCUT2D eigenvalue weighted by Gasteiger charge is -2.45. The van der Waals surface area contributed by atoms with Crippen LogP contribution in [0.1, 0.15) is 91.8 Å². The van der Waals surface area contributed by atoms with Gasteiger partial charge in [0.15, 0.2) is 5.60 Å². The van der Waals surface area contributed by atoms with Gasteiger partial charge in [-0.05, 0) is 105 Å². The van der Waals surface area contributed by atoms with E-state index in [1.165, 1.54) is 33.6 Å². The Hall–Kier alpha value is -4.69. The molecule has 0 bridgehead atoms. The number of benzene rings is 3. The number of amides is 1. The molecule has 3 aromatic rings. The molecule has 0 aliphatic carbocycles. The van der Waals surface area contributed by atoms with E-state index in [9.17, 15) is 9.59 Å². The van der Waals surface area contributed by atoms with E-state index in [0.717, 1.165) is 100 Å². The molecule has 1 amide bonds. The number of nitrogens with zero attached hydrogens (tertiary/aromatic N) is 5. The van der Waals surface area contributed by atoms with Crippen molar-refractivity contribution in [2.24, 2.45) is 5.11 Å². The second-order valence-corrected chi connectivity index (χ2v) is 13.4. The number of rotatable bonds is 5. The third-order valence-electron chi connectivity index (χ3n) is 10.8. The number of anilines is 2. The van der Waals surface area contributed by atoms with Crippen LogP contribution < -0.4 is 19.9 Å². The molecule has 0 unspecified atom stereocenters. The summed E-state index contributed by atoms with van der Waals surface area (Å²) in [7, 11) is 0. The van der Waals surface area contributed by atoms with Gasteiger partial charge in [0.25, 0.3) is 5.91 Å². The summed E-state index contributed by atoms with van der Waals surface area (Å²) in [5.41, 5.74) is 18.4. The number of carbonyl (C=O) groups is 2. The highest BCUT2D eigenvalue weighted by atomic mass is 16.6. The summed E-state index contributed by atoms with van der Waals surface area (Å²) in [5, 5.41) is 6.51. The Bertz CT molecular complexity index is 1810. The van der Waals surface area contributed by atoms with Crippen LogP contribution in [0.5, 0.6) is 11.5 Å². The minimum Gasteiger partial charge on any atom is -0.456 e. The monoisotopic (exact) mass is 616 g/mol. The molecule has 0 radical (unpaired) electrons. The Kier molecular flexibility index (Phi) is 6.25. The fraction of sp³-hybridized carbons (Fsp3) is 0.444. The molecule has 0 saturated carbocycles. The van der Waals surface area contributed by atoms with Crippen molar-refractivity contribution in [1.29, 1.82) is 0 Å². The Morgan fingerprint density at radius 2 is 1.48 bits per heavy atom. The van der Waals surface area contributed by atoms with Crippen LogP contribution in [0, 0.1) is 0 Å². The van der Waals surface area contributed by atoms with E-state index in [1.54, 1.807) is 12.1 Å². The van der Waals surface area contributed by atoms with Crippen LogP contribution >= 0.6 is 0 Å². The highest BCUT2D eigenvalue weighted by Gasteiger charge is 2.56. The van der Waals surface area contributed by atoms with E-state index in [2.05, 4.69) is 37.3 Å². The zero-order chi connectivity index (χ0) is 31.0. The van der Waals surface area contributed by atoms with Gasteiger partial charge in [-0.2, -0.15) is 0 Å². The highest BCUT2D eigenvalue weighted by Crippen LogP contribution is 2.62. The van der Waals surface area contributed by atoms with Crippen LogP contribution in [0.15, 0.2) is 35.4 Å². The highest BCUT2D eigenvalue weighted by molar-refractivity contribution is 6.01. The Morgan fingerprint density at radius 1 is 0.870 bits per heavy atom. The lowest BCUT2D eigenvalue weighted by Crippen LogP contribution is -2.40. The minimum atomic E-state index is -1.22. The zero-order valence-corrected chi connectivity index (χ0v) is 25.9. The fourth-order valence-corrected chi connectivity index (χ4v) is 8.97. The Morgan fingerprint density at radius 3 is 2.09 bits per heavy atom. The first-order valence-corrected chi connectivity index (χ1v) is 16.8. The number of esters is 1. The maximum absolute atomic E-state index is 13.9. The van der Waals surface area contributed by atoms with E-state index in [4.69, 9.17) is 15.0 Å². The van der Waals surface area contributed by atoms with Gasteiger partial charge in [0.1, 0.15) is 11.5 Å². The average molecular weight is 617 g/mol. The second-order valence-electron chi connectivity index (χ2n) is 13.4. The van der Waals surface area contributed by atoms with Crippen molar-refractivity contribution in [3.63, 3.8) is 0 Å². The van der Waals surface area contributed by atoms with Gasteiger partial charge >= 0.3 is 5.97 Å². The Balaban J connectivity index is 1.28. The number of nitrogens with one attached hydrogen (secondary N) is 1. The van der Waals surface area contributed by atoms with Crippen molar-refractivity contribution in [1.82, 2.24) is 5.32 Å². The molecule has 1 spiro atoms. The van der Waals surface area contributed by atoms with E-state index in [0.29, 0.717) is 36.2 Å². The topological polar surface area (TPSA) is 120 Å². The van der Waals surface area contributed by atoms with Crippen molar-refractivity contribution < 1.29 is 19.1 Å². The molecular formula is C36H36N6O4. The van der Waals surface area contributed by atoms with E-state index in [1.807, 2.05) is 6.07 Å². The average Bonchev–Trinajstić information content (AvgIpc) is 3.38.